The second-order valence-electron chi connectivity index (χ2n) is 5.80. The molecule has 0 aliphatic carbocycles. The minimum Gasteiger partial charge on any atom is -0.497 e. The minimum atomic E-state index is -0.319. The number of nitrogen functional groups attached to an aromatic ring is 1. The van der Waals surface area contributed by atoms with Gasteiger partial charge in [-0.3, -0.25) is 4.79 Å². The molecule has 0 atom stereocenters. The van der Waals surface area contributed by atoms with Gasteiger partial charge in [-0.05, 0) is 36.4 Å². The van der Waals surface area contributed by atoms with Crippen LogP contribution in [0.4, 0.5) is 16.6 Å². The van der Waals surface area contributed by atoms with Crippen LogP contribution in [-0.4, -0.2) is 39.2 Å². The molecular weight excluding hydrogens is 394 g/mol. The van der Waals surface area contributed by atoms with E-state index in [2.05, 4.69) is 10.3 Å². The number of nitrogens with one attached hydrogen (secondary N) is 1. The summed E-state index contributed by atoms with van der Waals surface area (Å²) in [6.07, 6.45) is 0. The summed E-state index contributed by atoms with van der Waals surface area (Å²) in [5.41, 5.74) is 7.11. The smallest absolute Gasteiger partial charge is 0.210 e. The number of ketones is 1. The maximum Gasteiger partial charge on any atom is 0.210 e. The third-order valence-corrected chi connectivity index (χ3v) is 5.14. The zero-order valence-electron chi connectivity index (χ0n) is 16.4. The van der Waals surface area contributed by atoms with Gasteiger partial charge in [0.15, 0.2) is 16.6 Å². The van der Waals surface area contributed by atoms with Crippen molar-refractivity contribution in [2.45, 2.75) is 0 Å². The van der Waals surface area contributed by atoms with Gasteiger partial charge in [0.2, 0.25) is 11.5 Å². The molecule has 0 unspecified atom stereocenters. The van der Waals surface area contributed by atoms with E-state index in [0.29, 0.717) is 27.1 Å². The molecule has 1 aromatic heterocycles. The summed E-state index contributed by atoms with van der Waals surface area (Å²) in [4.78, 5) is 17.7. The summed E-state index contributed by atoms with van der Waals surface area (Å²) in [6, 6.07) is 10.6. The number of thiazole rings is 1. The molecule has 8 nitrogen and oxygen atoms in total. The molecule has 9 heteroatoms. The number of nitrogens with two attached hydrogens (primary N) is 1. The molecular formula is C20H21N3O5S. The van der Waals surface area contributed by atoms with Crippen LogP contribution < -0.4 is 30.0 Å². The Morgan fingerprint density at radius 3 is 2.21 bits per heavy atom. The van der Waals surface area contributed by atoms with Crippen molar-refractivity contribution in [1.29, 1.82) is 0 Å². The summed E-state index contributed by atoms with van der Waals surface area (Å²) >= 11 is 1.15. The van der Waals surface area contributed by atoms with Crippen LogP contribution >= 0.6 is 11.3 Å². The maximum absolute atomic E-state index is 13.1. The van der Waals surface area contributed by atoms with Crippen molar-refractivity contribution >= 4 is 33.8 Å². The number of hydrogen-bond acceptors (Lipinski definition) is 9. The van der Waals surface area contributed by atoms with Gasteiger partial charge in [-0.1, -0.05) is 11.3 Å². The maximum atomic E-state index is 13.1. The molecule has 1 heterocycles. The highest BCUT2D eigenvalue weighted by Gasteiger charge is 2.25. The monoisotopic (exact) mass is 415 g/mol. The first-order valence-electron chi connectivity index (χ1n) is 8.53. The quantitative estimate of drug-likeness (QED) is 0.536. The Labute approximate surface area is 172 Å². The molecule has 0 saturated carbocycles. The average molecular weight is 415 g/mol. The number of anilines is 3. The topological polar surface area (TPSA) is 105 Å². The fraction of sp³-hybridized carbons (Fsp3) is 0.200. The first-order chi connectivity index (χ1) is 14.0. The number of hydrogen-bond donors (Lipinski definition) is 2. The van der Waals surface area contributed by atoms with Crippen LogP contribution in [0.3, 0.4) is 0 Å². The van der Waals surface area contributed by atoms with E-state index < -0.39 is 0 Å². The predicted octanol–water partition coefficient (Wildman–Crippen LogP) is 3.73. The van der Waals surface area contributed by atoms with Gasteiger partial charge in [0.1, 0.15) is 16.4 Å². The molecule has 152 valence electrons. The van der Waals surface area contributed by atoms with Crippen LogP contribution in [0.25, 0.3) is 0 Å². The molecule has 0 amide bonds. The number of nitrogens with zero attached hydrogens (tertiary/aromatic N) is 1. The second kappa shape index (κ2) is 8.70. The largest absolute Gasteiger partial charge is 0.497 e. The van der Waals surface area contributed by atoms with E-state index >= 15 is 0 Å². The number of ether oxygens (including phenoxy) is 4. The lowest BCUT2D eigenvalue weighted by Gasteiger charge is -2.14. The Balaban J connectivity index is 1.92. The van der Waals surface area contributed by atoms with Crippen LogP contribution in [0, 0.1) is 0 Å². The molecule has 3 aromatic rings. The molecule has 0 aliphatic rings. The Morgan fingerprint density at radius 2 is 1.62 bits per heavy atom. The molecule has 0 fully saturated rings. The van der Waals surface area contributed by atoms with Gasteiger partial charge in [-0.2, -0.15) is 0 Å². The van der Waals surface area contributed by atoms with E-state index in [1.807, 2.05) is 24.3 Å². The minimum absolute atomic E-state index is 0.132. The molecule has 0 spiro atoms. The fourth-order valence-corrected chi connectivity index (χ4v) is 3.61. The lowest BCUT2D eigenvalue weighted by Crippen LogP contribution is -2.06. The SMILES string of the molecule is COc1ccc(Nc2nc(N)c(C(=O)c3ccc(OC)c(OC)c3OC)s2)cc1. The van der Waals surface area contributed by atoms with Gasteiger partial charge in [0.05, 0.1) is 34.0 Å². The summed E-state index contributed by atoms with van der Waals surface area (Å²) in [7, 11) is 6.05. The van der Waals surface area contributed by atoms with Gasteiger partial charge in [-0.15, -0.1) is 0 Å². The van der Waals surface area contributed by atoms with Crippen molar-refractivity contribution in [2.24, 2.45) is 0 Å². The zero-order chi connectivity index (χ0) is 21.0. The van der Waals surface area contributed by atoms with Crippen LogP contribution in [0.1, 0.15) is 15.2 Å². The Kier molecular flexibility index (Phi) is 6.08. The van der Waals surface area contributed by atoms with Crippen LogP contribution in [0.2, 0.25) is 0 Å². The van der Waals surface area contributed by atoms with Gasteiger partial charge in [-0.25, -0.2) is 4.98 Å². The number of benzene rings is 2. The summed E-state index contributed by atoms with van der Waals surface area (Å²) in [5, 5.41) is 3.63. The predicted molar refractivity (Wildman–Crippen MR) is 112 cm³/mol. The molecule has 29 heavy (non-hydrogen) atoms. The number of aromatic nitrogens is 1. The van der Waals surface area contributed by atoms with Gasteiger partial charge < -0.3 is 30.0 Å². The molecule has 0 bridgehead atoms. The highest BCUT2D eigenvalue weighted by atomic mass is 32.1. The van der Waals surface area contributed by atoms with Crippen molar-refractivity contribution in [3.8, 4) is 23.0 Å². The lowest BCUT2D eigenvalue weighted by atomic mass is 10.1. The van der Waals surface area contributed by atoms with Crippen molar-refractivity contribution < 1.29 is 23.7 Å². The van der Waals surface area contributed by atoms with Crippen LogP contribution in [0.15, 0.2) is 36.4 Å². The van der Waals surface area contributed by atoms with Crippen molar-refractivity contribution in [2.75, 3.05) is 39.5 Å². The summed E-state index contributed by atoms with van der Waals surface area (Å²) in [6.45, 7) is 0. The summed E-state index contributed by atoms with van der Waals surface area (Å²) in [5.74, 6) is 1.62. The molecule has 0 radical (unpaired) electrons. The van der Waals surface area contributed by atoms with E-state index in [4.69, 9.17) is 24.7 Å². The Hall–Kier alpha value is -3.46. The normalized spacial score (nSPS) is 10.3. The Morgan fingerprint density at radius 1 is 0.931 bits per heavy atom. The number of methoxy groups -OCH3 is 4. The fourth-order valence-electron chi connectivity index (χ4n) is 2.75. The molecule has 2 aromatic carbocycles. The summed E-state index contributed by atoms with van der Waals surface area (Å²) < 4.78 is 21.2. The van der Waals surface area contributed by atoms with Crippen molar-refractivity contribution in [3.05, 3.63) is 46.8 Å². The van der Waals surface area contributed by atoms with Gasteiger partial charge >= 0.3 is 0 Å². The standard InChI is InChI=1S/C20H21N3O5S/c1-25-12-7-5-11(6-8-12)22-20-23-19(21)18(29-20)15(24)13-9-10-14(26-2)17(28-4)16(13)27-3/h5-10H,21H2,1-4H3,(H,22,23). The molecule has 3 N–H and O–H groups in total. The number of carbonyl (C=O) groups excluding carboxylic acids is 1. The van der Waals surface area contributed by atoms with E-state index in [1.165, 1.54) is 21.3 Å². The van der Waals surface area contributed by atoms with E-state index in [-0.39, 0.29) is 17.4 Å². The second-order valence-corrected chi connectivity index (χ2v) is 6.80. The number of carbonyl (C=O) groups is 1. The first kappa shape index (κ1) is 20.3. The molecule has 3 rings (SSSR count). The van der Waals surface area contributed by atoms with Crippen LogP contribution in [-0.2, 0) is 0 Å². The first-order valence-corrected chi connectivity index (χ1v) is 9.35. The third-order valence-electron chi connectivity index (χ3n) is 4.15. The number of rotatable bonds is 8. The van der Waals surface area contributed by atoms with Crippen molar-refractivity contribution in [1.82, 2.24) is 4.98 Å². The lowest BCUT2D eigenvalue weighted by molar-refractivity contribution is 0.103. The third kappa shape index (κ3) is 4.04. The van der Waals surface area contributed by atoms with Crippen molar-refractivity contribution in [3.63, 3.8) is 0 Å². The molecule has 0 saturated heterocycles. The zero-order valence-corrected chi connectivity index (χ0v) is 17.3. The average Bonchev–Trinajstić information content (AvgIpc) is 3.12. The van der Waals surface area contributed by atoms with E-state index in [1.54, 1.807) is 19.2 Å². The highest BCUT2D eigenvalue weighted by molar-refractivity contribution is 7.18. The highest BCUT2D eigenvalue weighted by Crippen LogP contribution is 2.41. The van der Waals surface area contributed by atoms with Gasteiger partial charge in [0.25, 0.3) is 0 Å². The van der Waals surface area contributed by atoms with Gasteiger partial charge in [0, 0.05) is 5.69 Å². The Bertz CT molecular complexity index is 1020. The van der Waals surface area contributed by atoms with Crippen LogP contribution in [0.5, 0.6) is 23.0 Å². The van der Waals surface area contributed by atoms with E-state index in [0.717, 1.165) is 22.8 Å². The molecule has 0 aliphatic heterocycles. The van der Waals surface area contributed by atoms with E-state index in [9.17, 15) is 4.79 Å².